The highest BCUT2D eigenvalue weighted by Crippen LogP contribution is 2.33. The van der Waals surface area contributed by atoms with Gasteiger partial charge in [0.2, 0.25) is 0 Å². The van der Waals surface area contributed by atoms with E-state index in [1.807, 2.05) is 54.6 Å². The van der Waals surface area contributed by atoms with Gasteiger partial charge >= 0.3 is 6.03 Å². The van der Waals surface area contributed by atoms with Crippen LogP contribution < -0.4 is 15.5 Å². The van der Waals surface area contributed by atoms with Gasteiger partial charge in [-0.15, -0.1) is 0 Å². The first kappa shape index (κ1) is 21.9. The van der Waals surface area contributed by atoms with Gasteiger partial charge in [0.1, 0.15) is 0 Å². The molecule has 2 heterocycles. The molecule has 6 nitrogen and oxygen atoms in total. The summed E-state index contributed by atoms with van der Waals surface area (Å²) >= 11 is 0. The van der Waals surface area contributed by atoms with Crippen LogP contribution in [-0.2, 0) is 11.2 Å². The largest absolute Gasteiger partial charge is 0.378 e. The summed E-state index contributed by atoms with van der Waals surface area (Å²) in [7, 11) is 0. The van der Waals surface area contributed by atoms with Crippen molar-refractivity contribution in [3.8, 4) is 11.3 Å². The lowest BCUT2D eigenvalue weighted by Crippen LogP contribution is -2.36. The van der Waals surface area contributed by atoms with Crippen LogP contribution in [-0.4, -0.2) is 43.9 Å². The Morgan fingerprint density at radius 1 is 0.912 bits per heavy atom. The van der Waals surface area contributed by atoms with Crippen molar-refractivity contribution in [2.75, 3.05) is 43.1 Å². The lowest BCUT2D eigenvalue weighted by atomic mass is 10.1. The standard InChI is InChI=1S/C28H28N4O2/c33-28(29-14-13-21-7-3-1-4-8-21)30-23-11-12-25-24(19-23)27(32-15-17-34-18-16-32)20-26(31-25)22-9-5-2-6-10-22/h1-12,19-20H,13-18H2,(H2,29,30,33). The highest BCUT2D eigenvalue weighted by molar-refractivity contribution is 5.99. The van der Waals surface area contributed by atoms with Gasteiger partial charge < -0.3 is 20.3 Å². The summed E-state index contributed by atoms with van der Waals surface area (Å²) < 4.78 is 5.57. The molecule has 34 heavy (non-hydrogen) atoms. The molecular weight excluding hydrogens is 424 g/mol. The Kier molecular flexibility index (Phi) is 6.68. The Hall–Kier alpha value is -3.90. The number of rotatable bonds is 6. The first-order valence-corrected chi connectivity index (χ1v) is 11.7. The van der Waals surface area contributed by atoms with Crippen molar-refractivity contribution < 1.29 is 9.53 Å². The zero-order valence-electron chi connectivity index (χ0n) is 19.0. The summed E-state index contributed by atoms with van der Waals surface area (Å²) in [5, 5.41) is 6.94. The topological polar surface area (TPSA) is 66.5 Å². The number of hydrogen-bond donors (Lipinski definition) is 2. The summed E-state index contributed by atoms with van der Waals surface area (Å²) in [6.07, 6.45) is 0.791. The van der Waals surface area contributed by atoms with E-state index in [-0.39, 0.29) is 6.03 Å². The minimum atomic E-state index is -0.211. The second kappa shape index (κ2) is 10.4. The number of urea groups is 1. The van der Waals surface area contributed by atoms with Crippen LogP contribution >= 0.6 is 0 Å². The fourth-order valence-corrected chi connectivity index (χ4v) is 4.25. The molecule has 1 aliphatic rings. The molecule has 2 N–H and O–H groups in total. The predicted octanol–water partition coefficient (Wildman–Crippen LogP) is 5.10. The Balaban J connectivity index is 1.38. The average Bonchev–Trinajstić information content (AvgIpc) is 2.90. The van der Waals surface area contributed by atoms with Crippen molar-refractivity contribution in [2.24, 2.45) is 0 Å². The zero-order valence-corrected chi connectivity index (χ0v) is 19.0. The van der Waals surface area contributed by atoms with E-state index in [9.17, 15) is 4.79 Å². The van der Waals surface area contributed by atoms with Gasteiger partial charge in [-0.1, -0.05) is 60.7 Å². The highest BCUT2D eigenvalue weighted by Gasteiger charge is 2.17. The Morgan fingerprint density at radius 2 is 1.65 bits per heavy atom. The van der Waals surface area contributed by atoms with Crippen molar-refractivity contribution in [3.05, 3.63) is 90.5 Å². The van der Waals surface area contributed by atoms with Gasteiger partial charge in [-0.25, -0.2) is 9.78 Å². The number of nitrogens with zero attached hydrogens (tertiary/aromatic N) is 2. The van der Waals surface area contributed by atoms with Crippen molar-refractivity contribution in [1.82, 2.24) is 10.3 Å². The molecule has 0 aliphatic carbocycles. The normalized spacial score (nSPS) is 13.6. The van der Waals surface area contributed by atoms with Gasteiger partial charge in [0.25, 0.3) is 0 Å². The summed E-state index contributed by atoms with van der Waals surface area (Å²) in [6, 6.07) is 28.2. The molecule has 0 unspecified atom stereocenters. The van der Waals surface area contributed by atoms with E-state index in [2.05, 4.69) is 45.9 Å². The van der Waals surface area contributed by atoms with E-state index in [0.29, 0.717) is 19.8 Å². The summed E-state index contributed by atoms with van der Waals surface area (Å²) in [6.45, 7) is 3.62. The van der Waals surface area contributed by atoms with Crippen molar-refractivity contribution >= 4 is 28.3 Å². The molecule has 0 radical (unpaired) electrons. The van der Waals surface area contributed by atoms with E-state index in [4.69, 9.17) is 9.72 Å². The molecule has 0 bridgehead atoms. The molecule has 172 valence electrons. The molecule has 0 spiro atoms. The van der Waals surface area contributed by atoms with Gasteiger partial charge in [-0.05, 0) is 36.2 Å². The number of hydrogen-bond acceptors (Lipinski definition) is 4. The number of morpholine rings is 1. The Labute approximate surface area is 199 Å². The van der Waals surface area contributed by atoms with Crippen LogP contribution in [0.15, 0.2) is 84.9 Å². The molecule has 2 amide bonds. The molecule has 0 saturated carbocycles. The number of pyridine rings is 1. The number of amides is 2. The molecule has 1 fully saturated rings. The van der Waals surface area contributed by atoms with Crippen LogP contribution in [0.4, 0.5) is 16.2 Å². The second-order valence-electron chi connectivity index (χ2n) is 8.34. The smallest absolute Gasteiger partial charge is 0.319 e. The lowest BCUT2D eigenvalue weighted by molar-refractivity contribution is 0.123. The number of fused-ring (bicyclic) bond motifs is 1. The first-order chi connectivity index (χ1) is 16.8. The SMILES string of the molecule is O=C(NCCc1ccccc1)Nc1ccc2nc(-c3ccccc3)cc(N3CCOCC3)c2c1. The molecule has 1 saturated heterocycles. The van der Waals surface area contributed by atoms with Crippen molar-refractivity contribution in [2.45, 2.75) is 6.42 Å². The Bertz CT molecular complexity index is 1260. The number of carbonyl (C=O) groups excluding carboxylic acids is 1. The quantitative estimate of drug-likeness (QED) is 0.427. The van der Waals surface area contributed by atoms with E-state index in [1.54, 1.807) is 0 Å². The number of carbonyl (C=O) groups is 1. The van der Waals surface area contributed by atoms with Gasteiger partial charge in [-0.2, -0.15) is 0 Å². The fraction of sp³-hybridized carbons (Fsp3) is 0.214. The third-order valence-electron chi connectivity index (χ3n) is 6.01. The number of aromatic nitrogens is 1. The molecule has 1 aromatic heterocycles. The molecule has 5 rings (SSSR count). The van der Waals surface area contributed by atoms with Gasteiger partial charge in [0.15, 0.2) is 0 Å². The summed E-state index contributed by atoms with van der Waals surface area (Å²) in [5.74, 6) is 0. The molecule has 4 aromatic rings. The molecule has 6 heteroatoms. The van der Waals surface area contributed by atoms with E-state index in [1.165, 1.54) is 5.56 Å². The lowest BCUT2D eigenvalue weighted by Gasteiger charge is -2.30. The summed E-state index contributed by atoms with van der Waals surface area (Å²) in [4.78, 5) is 19.8. The molecular formula is C28H28N4O2. The average molecular weight is 453 g/mol. The minimum absolute atomic E-state index is 0.211. The Morgan fingerprint density at radius 3 is 2.41 bits per heavy atom. The third kappa shape index (κ3) is 5.18. The van der Waals surface area contributed by atoms with E-state index >= 15 is 0 Å². The fourth-order valence-electron chi connectivity index (χ4n) is 4.25. The van der Waals surface area contributed by atoms with Crippen molar-refractivity contribution in [3.63, 3.8) is 0 Å². The van der Waals surface area contributed by atoms with Crippen LogP contribution in [0, 0.1) is 0 Å². The number of anilines is 2. The van der Waals surface area contributed by atoms with Crippen LogP contribution in [0.3, 0.4) is 0 Å². The van der Waals surface area contributed by atoms with Gasteiger partial charge in [0, 0.05) is 42.0 Å². The van der Waals surface area contributed by atoms with Crippen LogP contribution in [0.1, 0.15) is 5.56 Å². The van der Waals surface area contributed by atoms with E-state index in [0.717, 1.165) is 53.0 Å². The molecule has 1 aliphatic heterocycles. The first-order valence-electron chi connectivity index (χ1n) is 11.7. The van der Waals surface area contributed by atoms with Crippen LogP contribution in [0.5, 0.6) is 0 Å². The summed E-state index contributed by atoms with van der Waals surface area (Å²) in [5.41, 5.74) is 5.98. The van der Waals surface area contributed by atoms with Crippen LogP contribution in [0.25, 0.3) is 22.2 Å². The number of ether oxygens (including phenoxy) is 1. The number of nitrogens with one attached hydrogen (secondary N) is 2. The third-order valence-corrected chi connectivity index (χ3v) is 6.01. The second-order valence-corrected chi connectivity index (χ2v) is 8.34. The van der Waals surface area contributed by atoms with Crippen molar-refractivity contribution in [1.29, 1.82) is 0 Å². The maximum Gasteiger partial charge on any atom is 0.319 e. The molecule has 0 atom stereocenters. The molecule has 3 aromatic carbocycles. The highest BCUT2D eigenvalue weighted by atomic mass is 16.5. The monoisotopic (exact) mass is 452 g/mol. The van der Waals surface area contributed by atoms with Crippen LogP contribution in [0.2, 0.25) is 0 Å². The zero-order chi connectivity index (χ0) is 23.2. The predicted molar refractivity (Wildman–Crippen MR) is 137 cm³/mol. The van der Waals surface area contributed by atoms with Gasteiger partial charge in [-0.3, -0.25) is 0 Å². The van der Waals surface area contributed by atoms with E-state index < -0.39 is 0 Å². The van der Waals surface area contributed by atoms with Gasteiger partial charge in [0.05, 0.1) is 24.4 Å². The number of benzene rings is 3. The maximum absolute atomic E-state index is 12.5. The maximum atomic E-state index is 12.5. The minimum Gasteiger partial charge on any atom is -0.378 e.